The number of aliphatic hydroxyl groups is 6. The first-order valence-electron chi connectivity index (χ1n) is 31.4. The van der Waals surface area contributed by atoms with Crippen LogP contribution in [0.25, 0.3) is 22.3 Å². The zero-order valence-electron chi connectivity index (χ0n) is 52.4. The summed E-state index contributed by atoms with van der Waals surface area (Å²) in [4.78, 5) is 100. The molecule has 0 radical (unpaired) electrons. The third-order valence-electron chi connectivity index (χ3n) is 15.8. The van der Waals surface area contributed by atoms with E-state index in [0.29, 0.717) is 67.1 Å². The van der Waals surface area contributed by atoms with Crippen LogP contribution >= 0.6 is 23.5 Å². The summed E-state index contributed by atoms with van der Waals surface area (Å²) < 4.78 is 23.4. The number of thioether (sulfide) groups is 2. The molecule has 0 unspecified atom stereocenters. The summed E-state index contributed by atoms with van der Waals surface area (Å²) in [6.07, 6.45) is -7.86. The van der Waals surface area contributed by atoms with Crippen LogP contribution in [0, 0.1) is 0 Å². The number of Topliss-reactive ketones (excluding diaryl/α,β-unsaturated/α-hetero) is 1. The molecule has 508 valence electrons. The van der Waals surface area contributed by atoms with Gasteiger partial charge in [0.2, 0.25) is 23.5 Å². The van der Waals surface area contributed by atoms with Crippen LogP contribution in [0.2, 0.25) is 0 Å². The number of rotatable bonds is 40. The minimum Gasteiger partial charge on any atom is -0.477 e. The van der Waals surface area contributed by atoms with Crippen molar-refractivity contribution < 1.29 is 93.0 Å². The molecule has 12 N–H and O–H groups in total. The molecule has 0 spiro atoms. The van der Waals surface area contributed by atoms with E-state index in [1.165, 1.54) is 30.4 Å². The van der Waals surface area contributed by atoms with Crippen molar-refractivity contribution in [2.75, 3.05) is 55.9 Å². The number of amides is 5. The smallest absolute Gasteiger partial charge is 0.364 e. The SMILES string of the molecule is CC(=O)N[C@H]1[C@H]([C@H](O)[C@H](O)CNC(=O)c2ccc(-c3ccccc3)cc2)O[C@](C=O)(OCCCSCCC(=O)CCCCCCCNC(=O)CCSCCCO[C@]2(C(=O)O)C[C@H](O)[C@@H](NC(C)=O)[C@H]([C@H](O)[C@H](O)CNC(=O)c3ccc(-c4ccccc4)cc3)O2)C[C@@H]1O. The van der Waals surface area contributed by atoms with E-state index >= 15 is 0 Å². The Balaban J connectivity index is 0.784. The van der Waals surface area contributed by atoms with Crippen molar-refractivity contribution in [3.63, 3.8) is 0 Å². The Hall–Kier alpha value is -6.66. The van der Waals surface area contributed by atoms with E-state index in [0.717, 1.165) is 61.3 Å². The topological polar surface area (TPSA) is 375 Å². The van der Waals surface area contributed by atoms with Crippen LogP contribution in [-0.2, 0) is 47.7 Å². The van der Waals surface area contributed by atoms with E-state index < -0.39 is 122 Å². The summed E-state index contributed by atoms with van der Waals surface area (Å²) in [5, 5.41) is 90.1. The summed E-state index contributed by atoms with van der Waals surface area (Å²) in [7, 11) is 0. The van der Waals surface area contributed by atoms with Gasteiger partial charge < -0.3 is 81.3 Å². The Morgan fingerprint density at radius 3 is 1.49 bits per heavy atom. The first kappa shape index (κ1) is 75.4. The van der Waals surface area contributed by atoms with E-state index in [9.17, 15) is 74.1 Å². The number of aldehydes is 1. The maximum absolute atomic E-state index is 13.0. The highest BCUT2D eigenvalue weighted by molar-refractivity contribution is 7.99. The lowest BCUT2D eigenvalue weighted by Crippen LogP contribution is -2.68. The van der Waals surface area contributed by atoms with Gasteiger partial charge in [-0.05, 0) is 83.7 Å². The highest BCUT2D eigenvalue weighted by Crippen LogP contribution is 2.35. The van der Waals surface area contributed by atoms with Gasteiger partial charge in [0.1, 0.15) is 30.2 Å². The lowest BCUT2D eigenvalue weighted by molar-refractivity contribution is -0.310. The van der Waals surface area contributed by atoms with Crippen molar-refractivity contribution in [2.24, 2.45) is 0 Å². The minimum absolute atomic E-state index is 0.0174. The van der Waals surface area contributed by atoms with Crippen molar-refractivity contribution >= 4 is 71.1 Å². The molecule has 93 heavy (non-hydrogen) atoms. The number of unbranched alkanes of at least 4 members (excludes halogenated alkanes) is 4. The Morgan fingerprint density at radius 2 is 1.00 bits per heavy atom. The van der Waals surface area contributed by atoms with Crippen LogP contribution in [0.5, 0.6) is 0 Å². The van der Waals surface area contributed by atoms with Crippen molar-refractivity contribution in [1.82, 2.24) is 26.6 Å². The molecule has 12 atom stereocenters. The van der Waals surface area contributed by atoms with E-state index in [4.69, 9.17) is 18.9 Å². The second-order valence-corrected chi connectivity index (χ2v) is 25.6. The number of aliphatic carboxylic acids is 1. The van der Waals surface area contributed by atoms with Gasteiger partial charge in [0.05, 0.1) is 49.7 Å². The number of hydrogen-bond acceptors (Lipinski definition) is 20. The third-order valence-corrected chi connectivity index (χ3v) is 18.0. The Labute approximate surface area is 550 Å². The summed E-state index contributed by atoms with van der Waals surface area (Å²) in [5.41, 5.74) is 4.30. The number of aliphatic hydroxyl groups excluding tert-OH is 6. The van der Waals surface area contributed by atoms with Gasteiger partial charge in [0.25, 0.3) is 17.6 Å². The monoisotopic (exact) mass is 1330 g/mol. The van der Waals surface area contributed by atoms with Gasteiger partial charge in [-0.2, -0.15) is 23.5 Å². The van der Waals surface area contributed by atoms with Crippen molar-refractivity contribution in [2.45, 2.75) is 163 Å². The molecule has 0 bridgehead atoms. The first-order chi connectivity index (χ1) is 44.6. The Kier molecular flexibility index (Phi) is 31.3. The number of carbonyl (C=O) groups excluding carboxylic acids is 7. The van der Waals surface area contributed by atoms with Crippen molar-refractivity contribution in [3.05, 3.63) is 120 Å². The third kappa shape index (κ3) is 23.9. The second-order valence-electron chi connectivity index (χ2n) is 23.1. The van der Waals surface area contributed by atoms with Crippen LogP contribution in [-0.4, -0.2) is 212 Å². The fourth-order valence-electron chi connectivity index (χ4n) is 10.8. The average molecular weight is 1330 g/mol. The van der Waals surface area contributed by atoms with Crippen LogP contribution in [0.4, 0.5) is 0 Å². The highest BCUT2D eigenvalue weighted by Gasteiger charge is 2.56. The molecule has 2 heterocycles. The standard InChI is InChI=1S/C67H89N5O19S2/c1-43(74)71-57-52(77)38-66(42-73,90-61(57)59(82)54(79)40-69-63(84)49-25-21-47(22-26-49)45-16-8-6-9-17-45)88-32-14-34-92-36-29-51(76)20-12-4-3-5-13-31-68-56(81)30-37-93-35-15-33-89-67(65(86)87)39-53(78)58(72-44(2)75)62(91-67)60(83)55(80)41-70-64(85)50-27-23-48(24-28-50)46-18-10-7-11-19-46/h6-11,16-19,21-28,42,52-55,57-62,77-80,82-83H,3-5,12-15,20,29-41H2,1-2H3,(H,68,81)(H,69,84)(H,70,85)(H,71,74)(H,72,75)(H,86,87)/t52-,53-,54+,55+,57+,58+,59+,60+,61+,62+,66+,67+/m0/s1. The molecule has 5 amide bonds. The van der Waals surface area contributed by atoms with Gasteiger partial charge in [-0.1, -0.05) is 104 Å². The molecule has 2 fully saturated rings. The molecule has 2 saturated heterocycles. The fraction of sp³-hybridized carbons (Fsp3) is 0.522. The maximum Gasteiger partial charge on any atom is 0.364 e. The highest BCUT2D eigenvalue weighted by atomic mass is 32.2. The lowest BCUT2D eigenvalue weighted by atomic mass is 9.88. The fourth-order valence-corrected chi connectivity index (χ4v) is 12.5. The summed E-state index contributed by atoms with van der Waals surface area (Å²) in [6.45, 7) is 1.82. The molecular formula is C67H89N5O19S2. The second kappa shape index (κ2) is 38.6. The molecule has 4 aromatic carbocycles. The predicted octanol–water partition coefficient (Wildman–Crippen LogP) is 3.70. The zero-order chi connectivity index (χ0) is 67.3. The van der Waals surface area contributed by atoms with Gasteiger partial charge in [-0.3, -0.25) is 33.6 Å². The molecule has 2 aliphatic heterocycles. The van der Waals surface area contributed by atoms with Gasteiger partial charge in [0, 0.05) is 88.2 Å². The number of hydrogen-bond donors (Lipinski definition) is 12. The van der Waals surface area contributed by atoms with E-state index in [1.807, 2.05) is 60.7 Å². The van der Waals surface area contributed by atoms with Gasteiger partial charge >= 0.3 is 5.97 Å². The van der Waals surface area contributed by atoms with E-state index in [1.54, 1.807) is 48.5 Å². The number of carboxylic acids is 1. The molecule has 0 aromatic heterocycles. The molecule has 4 aromatic rings. The minimum atomic E-state index is -2.46. The molecule has 0 aliphatic carbocycles. The molecule has 6 rings (SSSR count). The van der Waals surface area contributed by atoms with Crippen LogP contribution in [0.3, 0.4) is 0 Å². The molecule has 24 nitrogen and oxygen atoms in total. The molecule has 0 saturated carbocycles. The van der Waals surface area contributed by atoms with E-state index in [-0.39, 0.29) is 43.3 Å². The number of ketones is 1. The number of carbonyl (C=O) groups is 8. The Morgan fingerprint density at radius 1 is 0.548 bits per heavy atom. The Bertz CT molecular complexity index is 3010. The predicted molar refractivity (Wildman–Crippen MR) is 349 cm³/mol. The quantitative estimate of drug-likeness (QED) is 0.0223. The number of carboxylic acid groups (broad SMARTS) is 1. The van der Waals surface area contributed by atoms with Gasteiger partial charge in [0.15, 0.2) is 6.29 Å². The summed E-state index contributed by atoms with van der Waals surface area (Å²) >= 11 is 2.99. The van der Waals surface area contributed by atoms with Crippen LogP contribution < -0.4 is 26.6 Å². The van der Waals surface area contributed by atoms with Crippen molar-refractivity contribution in [3.8, 4) is 22.3 Å². The lowest BCUT2D eigenvalue weighted by Gasteiger charge is -2.46. The van der Waals surface area contributed by atoms with Gasteiger partial charge in [-0.25, -0.2) is 4.79 Å². The summed E-state index contributed by atoms with van der Waals surface area (Å²) in [5.74, 6) is -6.16. The first-order valence-corrected chi connectivity index (χ1v) is 33.7. The van der Waals surface area contributed by atoms with Crippen LogP contribution in [0.15, 0.2) is 109 Å². The normalized spacial score (nSPS) is 22.5. The summed E-state index contributed by atoms with van der Waals surface area (Å²) in [6, 6.07) is 30.1. The average Bonchev–Trinajstić information content (AvgIpc) is 0.796. The zero-order valence-corrected chi connectivity index (χ0v) is 54.1. The van der Waals surface area contributed by atoms with E-state index in [2.05, 4.69) is 26.6 Å². The number of benzene rings is 4. The maximum atomic E-state index is 13.0. The largest absolute Gasteiger partial charge is 0.477 e. The van der Waals surface area contributed by atoms with Crippen LogP contribution in [0.1, 0.15) is 112 Å². The molecule has 26 heteroatoms. The van der Waals surface area contributed by atoms with Crippen molar-refractivity contribution in [1.29, 1.82) is 0 Å². The molecule has 2 aliphatic rings. The van der Waals surface area contributed by atoms with Gasteiger partial charge in [-0.15, -0.1) is 0 Å². The number of ether oxygens (including phenoxy) is 4. The molecular weight excluding hydrogens is 1240 g/mol. The number of nitrogens with one attached hydrogen (secondary N) is 5.